The normalized spacial score (nSPS) is 32.8. The molecule has 2 bridgehead atoms. The minimum atomic E-state index is -0.132. The maximum atomic E-state index is 12.2. The fraction of sp³-hybridized carbons (Fsp3) is 0.571. The van der Waals surface area contributed by atoms with Crippen LogP contribution in [0.1, 0.15) is 25.3 Å². The van der Waals surface area contributed by atoms with E-state index in [0.29, 0.717) is 17.5 Å². The highest BCUT2D eigenvalue weighted by Gasteiger charge is 2.40. The minimum absolute atomic E-state index is 0.132. The third-order valence-electron chi connectivity index (χ3n) is 4.52. The number of nitrogens with zero attached hydrogens (tertiary/aromatic N) is 3. The molecule has 5 nitrogen and oxygen atoms in total. The highest BCUT2D eigenvalue weighted by molar-refractivity contribution is 5.77. The lowest BCUT2D eigenvalue weighted by Gasteiger charge is -2.49. The Balaban J connectivity index is 1.71. The van der Waals surface area contributed by atoms with Crippen molar-refractivity contribution in [3.05, 3.63) is 24.0 Å². The van der Waals surface area contributed by atoms with Crippen LogP contribution in [0.3, 0.4) is 0 Å². The van der Waals surface area contributed by atoms with Crippen LogP contribution in [0.5, 0.6) is 0 Å². The lowest BCUT2D eigenvalue weighted by atomic mass is 9.79. The summed E-state index contributed by atoms with van der Waals surface area (Å²) in [7, 11) is 0. The number of nitriles is 1. The number of amides is 1. The van der Waals surface area contributed by atoms with Crippen LogP contribution < -0.4 is 5.32 Å². The second-order valence-electron chi connectivity index (χ2n) is 5.51. The molecule has 3 fully saturated rings. The van der Waals surface area contributed by atoms with E-state index in [2.05, 4.69) is 17.1 Å². The van der Waals surface area contributed by atoms with Crippen molar-refractivity contribution in [1.29, 1.82) is 5.26 Å². The van der Waals surface area contributed by atoms with Crippen LogP contribution >= 0.6 is 0 Å². The summed E-state index contributed by atoms with van der Waals surface area (Å²) in [6, 6.07) is 4.18. The van der Waals surface area contributed by atoms with Gasteiger partial charge in [0, 0.05) is 24.5 Å². The van der Waals surface area contributed by atoms with E-state index in [1.807, 2.05) is 6.07 Å². The zero-order valence-electron chi connectivity index (χ0n) is 11.0. The predicted molar refractivity (Wildman–Crippen MR) is 70.6 cm³/mol. The SMILES string of the molecule is C[C@@H]1[C@H](NC(=O)n2ccc(C#N)c2)C2CCN1CC2. The molecule has 0 saturated carbocycles. The fourth-order valence-electron chi connectivity index (χ4n) is 3.35. The Morgan fingerprint density at radius 3 is 2.79 bits per heavy atom. The predicted octanol–water partition coefficient (Wildman–Crippen LogP) is 1.40. The average molecular weight is 258 g/mol. The summed E-state index contributed by atoms with van der Waals surface area (Å²) >= 11 is 0. The van der Waals surface area contributed by atoms with Gasteiger partial charge in [-0.15, -0.1) is 0 Å². The molecule has 1 amide bonds. The first kappa shape index (κ1) is 12.2. The summed E-state index contributed by atoms with van der Waals surface area (Å²) in [5.41, 5.74) is 0.511. The molecule has 0 aliphatic carbocycles. The lowest BCUT2D eigenvalue weighted by Crippen LogP contribution is -2.62. The van der Waals surface area contributed by atoms with Gasteiger partial charge in [-0.3, -0.25) is 9.47 Å². The second-order valence-corrected chi connectivity index (χ2v) is 5.51. The van der Waals surface area contributed by atoms with E-state index in [-0.39, 0.29) is 12.1 Å². The molecule has 3 aliphatic heterocycles. The molecule has 100 valence electrons. The summed E-state index contributed by atoms with van der Waals surface area (Å²) in [5.74, 6) is 0.593. The Morgan fingerprint density at radius 2 is 2.21 bits per heavy atom. The number of aromatic nitrogens is 1. The monoisotopic (exact) mass is 258 g/mol. The van der Waals surface area contributed by atoms with Crippen molar-refractivity contribution in [3.63, 3.8) is 0 Å². The molecular weight excluding hydrogens is 240 g/mol. The molecular formula is C14H18N4O. The lowest BCUT2D eigenvalue weighted by molar-refractivity contribution is 0.0267. The van der Waals surface area contributed by atoms with E-state index in [9.17, 15) is 4.79 Å². The second kappa shape index (κ2) is 4.71. The molecule has 3 saturated heterocycles. The highest BCUT2D eigenvalue weighted by Crippen LogP contribution is 2.32. The van der Waals surface area contributed by atoms with Gasteiger partial charge in [-0.1, -0.05) is 0 Å². The first-order valence-electron chi connectivity index (χ1n) is 6.82. The molecule has 3 aliphatic rings. The van der Waals surface area contributed by atoms with Gasteiger partial charge in [-0.2, -0.15) is 5.26 Å². The molecule has 1 N–H and O–H groups in total. The van der Waals surface area contributed by atoms with Gasteiger partial charge < -0.3 is 5.32 Å². The van der Waals surface area contributed by atoms with E-state index in [1.54, 1.807) is 18.5 Å². The van der Waals surface area contributed by atoms with Gasteiger partial charge in [0.15, 0.2) is 0 Å². The average Bonchev–Trinajstić information content (AvgIpc) is 2.92. The number of fused-ring (bicyclic) bond motifs is 3. The maximum absolute atomic E-state index is 12.2. The molecule has 0 spiro atoms. The Bertz CT molecular complexity index is 520. The largest absolute Gasteiger partial charge is 0.333 e. The number of carbonyl (C=O) groups excluding carboxylic acids is 1. The molecule has 1 aromatic heterocycles. The van der Waals surface area contributed by atoms with E-state index in [0.717, 1.165) is 13.1 Å². The Morgan fingerprint density at radius 1 is 1.47 bits per heavy atom. The number of nitrogens with one attached hydrogen (secondary N) is 1. The van der Waals surface area contributed by atoms with Crippen molar-refractivity contribution >= 4 is 6.03 Å². The van der Waals surface area contributed by atoms with Crippen LogP contribution in [0.15, 0.2) is 18.5 Å². The maximum Gasteiger partial charge on any atom is 0.325 e. The summed E-state index contributed by atoms with van der Waals surface area (Å²) in [4.78, 5) is 14.6. The Hall–Kier alpha value is -1.80. The first-order valence-corrected chi connectivity index (χ1v) is 6.82. The molecule has 4 rings (SSSR count). The fourth-order valence-corrected chi connectivity index (χ4v) is 3.35. The van der Waals surface area contributed by atoms with Gasteiger partial charge in [-0.25, -0.2) is 4.79 Å². The van der Waals surface area contributed by atoms with Crippen molar-refractivity contribution in [2.45, 2.75) is 31.8 Å². The summed E-state index contributed by atoms with van der Waals surface area (Å²) in [6.07, 6.45) is 5.55. The van der Waals surface area contributed by atoms with E-state index in [1.165, 1.54) is 17.4 Å². The van der Waals surface area contributed by atoms with Crippen LogP contribution in [0.2, 0.25) is 0 Å². The van der Waals surface area contributed by atoms with Gasteiger partial charge in [0.25, 0.3) is 0 Å². The standard InChI is InChI=1S/C14H18N4O/c1-10-13(12-3-6-17(10)7-4-12)16-14(19)18-5-2-11(8-15)9-18/h2,5,9-10,12-13H,3-4,6-7H2,1H3,(H,16,19)/t10-,13+/m1/s1. The van der Waals surface area contributed by atoms with Crippen molar-refractivity contribution < 1.29 is 4.79 Å². The summed E-state index contributed by atoms with van der Waals surface area (Å²) in [6.45, 7) is 4.49. The molecule has 0 radical (unpaired) electrons. The molecule has 1 aromatic rings. The van der Waals surface area contributed by atoms with Gasteiger partial charge in [0.05, 0.1) is 5.56 Å². The third kappa shape index (κ3) is 2.13. The Kier molecular flexibility index (Phi) is 3.03. The molecule has 0 aromatic carbocycles. The van der Waals surface area contributed by atoms with Crippen LogP contribution in [0.25, 0.3) is 0 Å². The number of piperidine rings is 3. The highest BCUT2D eigenvalue weighted by atomic mass is 16.2. The van der Waals surface area contributed by atoms with E-state index < -0.39 is 0 Å². The van der Waals surface area contributed by atoms with Crippen LogP contribution in [-0.4, -0.2) is 40.7 Å². The van der Waals surface area contributed by atoms with Gasteiger partial charge in [-0.05, 0) is 44.8 Å². The van der Waals surface area contributed by atoms with Crippen molar-refractivity contribution in [2.24, 2.45) is 5.92 Å². The summed E-state index contributed by atoms with van der Waals surface area (Å²) < 4.78 is 1.46. The van der Waals surface area contributed by atoms with Crippen molar-refractivity contribution in [2.75, 3.05) is 13.1 Å². The van der Waals surface area contributed by atoms with Crippen molar-refractivity contribution in [1.82, 2.24) is 14.8 Å². The summed E-state index contributed by atoms with van der Waals surface area (Å²) in [5, 5.41) is 11.9. The molecule has 19 heavy (non-hydrogen) atoms. The van der Waals surface area contributed by atoms with E-state index in [4.69, 9.17) is 5.26 Å². The van der Waals surface area contributed by atoms with Crippen LogP contribution in [0, 0.1) is 17.2 Å². The van der Waals surface area contributed by atoms with Gasteiger partial charge >= 0.3 is 6.03 Å². The van der Waals surface area contributed by atoms with E-state index >= 15 is 0 Å². The molecule has 4 heterocycles. The number of rotatable bonds is 1. The topological polar surface area (TPSA) is 61.1 Å². The Labute approximate surface area is 112 Å². The quantitative estimate of drug-likeness (QED) is 0.828. The zero-order valence-corrected chi connectivity index (χ0v) is 11.0. The number of carbonyl (C=O) groups is 1. The zero-order chi connectivity index (χ0) is 13.4. The van der Waals surface area contributed by atoms with Gasteiger partial charge in [0.1, 0.15) is 6.07 Å². The van der Waals surface area contributed by atoms with Crippen molar-refractivity contribution in [3.8, 4) is 6.07 Å². The van der Waals surface area contributed by atoms with Crippen LogP contribution in [-0.2, 0) is 0 Å². The smallest absolute Gasteiger partial charge is 0.325 e. The van der Waals surface area contributed by atoms with Gasteiger partial charge in [0.2, 0.25) is 0 Å². The third-order valence-corrected chi connectivity index (χ3v) is 4.52. The number of hydrogen-bond donors (Lipinski definition) is 1. The van der Waals surface area contributed by atoms with Crippen LogP contribution in [0.4, 0.5) is 4.79 Å². The number of hydrogen-bond acceptors (Lipinski definition) is 3. The molecule has 2 atom stereocenters. The molecule has 0 unspecified atom stereocenters. The minimum Gasteiger partial charge on any atom is -0.333 e. The molecule has 5 heteroatoms. The first-order chi connectivity index (χ1) is 9.19.